The van der Waals surface area contributed by atoms with Crippen molar-refractivity contribution in [2.24, 2.45) is 5.73 Å². The molecule has 0 spiro atoms. The lowest BCUT2D eigenvalue weighted by Gasteiger charge is -2.32. The van der Waals surface area contributed by atoms with E-state index in [1.807, 2.05) is 30.3 Å². The number of aromatic amines is 1. The molecular weight excluding hydrogens is 404 g/mol. The highest BCUT2D eigenvalue weighted by Crippen LogP contribution is 2.35. The molecule has 5 nitrogen and oxygen atoms in total. The number of piperazine rings is 1. The molecule has 31 heavy (non-hydrogen) atoms. The van der Waals surface area contributed by atoms with Crippen molar-refractivity contribution < 1.29 is 4.79 Å². The van der Waals surface area contributed by atoms with Crippen molar-refractivity contribution in [1.29, 1.82) is 0 Å². The molecular formula is C25H30N4OS. The summed E-state index contributed by atoms with van der Waals surface area (Å²) in [6, 6.07) is 18.5. The molecule has 1 saturated heterocycles. The number of hydrogen-bond acceptors (Lipinski definition) is 4. The Morgan fingerprint density at radius 2 is 1.61 bits per heavy atom. The molecule has 6 heteroatoms. The maximum atomic E-state index is 12.6. The van der Waals surface area contributed by atoms with E-state index < -0.39 is 0 Å². The fourth-order valence-electron chi connectivity index (χ4n) is 4.23. The summed E-state index contributed by atoms with van der Waals surface area (Å²) in [6.07, 6.45) is 2.86. The van der Waals surface area contributed by atoms with E-state index in [4.69, 9.17) is 5.73 Å². The van der Waals surface area contributed by atoms with Crippen LogP contribution in [-0.2, 0) is 6.42 Å². The van der Waals surface area contributed by atoms with E-state index in [-0.39, 0.29) is 5.91 Å². The van der Waals surface area contributed by atoms with Crippen LogP contribution in [0.2, 0.25) is 0 Å². The lowest BCUT2D eigenvalue weighted by molar-refractivity contribution is 0.1000. The van der Waals surface area contributed by atoms with Gasteiger partial charge in [0.05, 0.1) is 11.3 Å². The Labute approximate surface area is 188 Å². The molecule has 3 N–H and O–H groups in total. The monoisotopic (exact) mass is 434 g/mol. The van der Waals surface area contributed by atoms with Crippen LogP contribution in [0.5, 0.6) is 0 Å². The van der Waals surface area contributed by atoms with Gasteiger partial charge in [-0.2, -0.15) is 0 Å². The Morgan fingerprint density at radius 1 is 0.968 bits per heavy atom. The highest BCUT2D eigenvalue weighted by molar-refractivity contribution is 7.98. The maximum Gasteiger partial charge on any atom is 0.251 e. The number of nitrogens with two attached hydrogens (primary N) is 1. The average Bonchev–Trinajstić information content (AvgIpc) is 3.19. The quantitative estimate of drug-likeness (QED) is 0.553. The van der Waals surface area contributed by atoms with Gasteiger partial charge in [-0.25, -0.2) is 0 Å². The van der Waals surface area contributed by atoms with Gasteiger partial charge in [0.2, 0.25) is 0 Å². The van der Waals surface area contributed by atoms with Crippen LogP contribution in [0.25, 0.3) is 22.5 Å². The molecule has 1 amide bonds. The molecule has 0 saturated carbocycles. The standard InChI is InChI=1S/C25H30N4OS/c1-28-14-16-29(17-15-28)13-12-21-22(25(26)30)24(18-6-4-3-5-7-18)27-23(21)19-8-10-20(31-2)11-9-19/h3-11,27H,12-17H2,1-2H3,(H2,26,30). The number of likely N-dealkylation sites (N-methyl/N-ethyl adjacent to an activating group) is 1. The first-order valence-corrected chi connectivity index (χ1v) is 11.9. The molecule has 0 atom stereocenters. The smallest absolute Gasteiger partial charge is 0.251 e. The van der Waals surface area contributed by atoms with Crippen LogP contribution < -0.4 is 5.73 Å². The fraction of sp³-hybridized carbons (Fsp3) is 0.320. The Balaban J connectivity index is 1.75. The molecule has 2 heterocycles. The molecule has 1 fully saturated rings. The van der Waals surface area contributed by atoms with Crippen molar-refractivity contribution in [3.05, 3.63) is 65.7 Å². The first-order valence-electron chi connectivity index (χ1n) is 10.7. The van der Waals surface area contributed by atoms with Gasteiger partial charge in [0.1, 0.15) is 0 Å². The molecule has 0 radical (unpaired) electrons. The second-order valence-corrected chi connectivity index (χ2v) is 8.96. The average molecular weight is 435 g/mol. The number of primary amides is 1. The first-order chi connectivity index (χ1) is 15.1. The summed E-state index contributed by atoms with van der Waals surface area (Å²) in [5, 5.41) is 0. The summed E-state index contributed by atoms with van der Waals surface area (Å²) in [5.74, 6) is -0.379. The van der Waals surface area contributed by atoms with E-state index in [0.29, 0.717) is 5.56 Å². The number of amides is 1. The van der Waals surface area contributed by atoms with Crippen LogP contribution in [-0.4, -0.2) is 66.7 Å². The minimum absolute atomic E-state index is 0.379. The topological polar surface area (TPSA) is 65.4 Å². The number of nitrogens with one attached hydrogen (secondary N) is 1. The van der Waals surface area contributed by atoms with E-state index in [9.17, 15) is 4.79 Å². The largest absolute Gasteiger partial charge is 0.366 e. The van der Waals surface area contributed by atoms with Crippen molar-refractivity contribution in [2.75, 3.05) is 46.0 Å². The summed E-state index contributed by atoms with van der Waals surface area (Å²) < 4.78 is 0. The van der Waals surface area contributed by atoms with Crippen LogP contribution in [0.1, 0.15) is 15.9 Å². The predicted molar refractivity (Wildman–Crippen MR) is 130 cm³/mol. The summed E-state index contributed by atoms with van der Waals surface area (Å²) >= 11 is 1.72. The van der Waals surface area contributed by atoms with Gasteiger partial charge in [0, 0.05) is 43.3 Å². The number of nitrogens with zero attached hydrogens (tertiary/aromatic N) is 2. The first kappa shape index (κ1) is 21.7. The second kappa shape index (κ2) is 9.73. The molecule has 1 aliphatic heterocycles. The Morgan fingerprint density at radius 3 is 2.23 bits per heavy atom. The number of thioether (sulfide) groups is 1. The fourth-order valence-corrected chi connectivity index (χ4v) is 4.64. The van der Waals surface area contributed by atoms with Gasteiger partial charge in [-0.05, 0) is 48.5 Å². The minimum atomic E-state index is -0.379. The molecule has 4 rings (SSSR count). The zero-order valence-corrected chi connectivity index (χ0v) is 19.0. The summed E-state index contributed by atoms with van der Waals surface area (Å²) in [7, 11) is 2.16. The number of aromatic nitrogens is 1. The Bertz CT molecular complexity index is 1020. The highest BCUT2D eigenvalue weighted by atomic mass is 32.2. The predicted octanol–water partition coefficient (Wildman–Crippen LogP) is 3.96. The second-order valence-electron chi connectivity index (χ2n) is 8.08. The molecule has 0 aliphatic carbocycles. The van der Waals surface area contributed by atoms with Crippen LogP contribution in [0.15, 0.2) is 59.5 Å². The summed E-state index contributed by atoms with van der Waals surface area (Å²) in [5.41, 5.74) is 11.4. The molecule has 162 valence electrons. The number of hydrogen-bond donors (Lipinski definition) is 2. The van der Waals surface area contributed by atoms with E-state index in [1.165, 1.54) is 4.90 Å². The van der Waals surface area contributed by atoms with Crippen molar-refractivity contribution in [2.45, 2.75) is 11.3 Å². The lowest BCUT2D eigenvalue weighted by atomic mass is 9.98. The number of carbonyl (C=O) groups is 1. The van der Waals surface area contributed by atoms with E-state index >= 15 is 0 Å². The maximum absolute atomic E-state index is 12.6. The third-order valence-corrected chi connectivity index (χ3v) is 6.81. The van der Waals surface area contributed by atoms with Crippen molar-refractivity contribution in [3.63, 3.8) is 0 Å². The van der Waals surface area contributed by atoms with Crippen LogP contribution in [0.3, 0.4) is 0 Å². The third kappa shape index (κ3) is 4.87. The van der Waals surface area contributed by atoms with Gasteiger partial charge in [-0.1, -0.05) is 42.5 Å². The van der Waals surface area contributed by atoms with Gasteiger partial charge in [0.25, 0.3) is 5.91 Å². The number of H-pyrrole nitrogens is 1. The summed E-state index contributed by atoms with van der Waals surface area (Å²) in [4.78, 5) is 22.2. The van der Waals surface area contributed by atoms with Gasteiger partial charge in [-0.15, -0.1) is 11.8 Å². The van der Waals surface area contributed by atoms with Crippen LogP contribution in [0, 0.1) is 0 Å². The molecule has 2 aromatic carbocycles. The van der Waals surface area contributed by atoms with Gasteiger partial charge in [-0.3, -0.25) is 4.79 Å². The van der Waals surface area contributed by atoms with Crippen molar-refractivity contribution in [3.8, 4) is 22.5 Å². The molecule has 1 aromatic heterocycles. The third-order valence-electron chi connectivity index (χ3n) is 6.07. The summed E-state index contributed by atoms with van der Waals surface area (Å²) in [6.45, 7) is 5.17. The van der Waals surface area contributed by atoms with Gasteiger partial charge >= 0.3 is 0 Å². The van der Waals surface area contributed by atoms with E-state index in [1.54, 1.807) is 11.8 Å². The number of benzene rings is 2. The molecule has 0 bridgehead atoms. The molecule has 3 aromatic rings. The SMILES string of the molecule is CSc1ccc(-c2[nH]c(-c3ccccc3)c(C(N)=O)c2CCN2CCN(C)CC2)cc1. The normalized spacial score (nSPS) is 15.3. The minimum Gasteiger partial charge on any atom is -0.366 e. The Hall–Kier alpha value is -2.54. The lowest BCUT2D eigenvalue weighted by Crippen LogP contribution is -2.45. The Kier molecular flexibility index (Phi) is 6.80. The van der Waals surface area contributed by atoms with Gasteiger partial charge in [0.15, 0.2) is 0 Å². The molecule has 0 unspecified atom stereocenters. The number of rotatable bonds is 7. The zero-order chi connectivity index (χ0) is 21.8. The number of carbonyl (C=O) groups excluding carboxylic acids is 1. The van der Waals surface area contributed by atoms with E-state index in [0.717, 1.165) is 67.2 Å². The highest BCUT2D eigenvalue weighted by Gasteiger charge is 2.24. The van der Waals surface area contributed by atoms with Gasteiger partial charge < -0.3 is 20.5 Å². The van der Waals surface area contributed by atoms with Crippen LogP contribution >= 0.6 is 11.8 Å². The zero-order valence-electron chi connectivity index (χ0n) is 18.2. The van der Waals surface area contributed by atoms with E-state index in [2.05, 4.69) is 52.4 Å². The van der Waals surface area contributed by atoms with Crippen molar-refractivity contribution in [1.82, 2.24) is 14.8 Å². The van der Waals surface area contributed by atoms with Crippen LogP contribution in [0.4, 0.5) is 0 Å². The van der Waals surface area contributed by atoms with Crippen molar-refractivity contribution >= 4 is 17.7 Å². The molecule has 1 aliphatic rings.